The van der Waals surface area contributed by atoms with Crippen LogP contribution < -0.4 is 5.73 Å². The summed E-state index contributed by atoms with van der Waals surface area (Å²) in [6.07, 6.45) is 6.84. The molecule has 0 aromatic rings. The first-order valence-electron chi connectivity index (χ1n) is 6.35. The molecule has 0 aromatic carbocycles. The molecule has 84 valence electrons. The molecule has 0 spiro atoms. The van der Waals surface area contributed by atoms with Crippen LogP contribution in [0.25, 0.3) is 0 Å². The average Bonchev–Trinajstić information content (AvgIpc) is 2.09. The van der Waals surface area contributed by atoms with Gasteiger partial charge in [0, 0.05) is 0 Å². The fraction of sp³-hybridized carbons (Fsp3) is 1.00. The van der Waals surface area contributed by atoms with Gasteiger partial charge >= 0.3 is 0 Å². The van der Waals surface area contributed by atoms with E-state index in [0.717, 1.165) is 30.2 Å². The second-order valence-corrected chi connectivity index (χ2v) is 5.48. The maximum atomic E-state index is 5.54. The van der Waals surface area contributed by atoms with Crippen molar-refractivity contribution < 1.29 is 0 Å². The van der Waals surface area contributed by atoms with Gasteiger partial charge in [0.05, 0.1) is 0 Å². The number of hydrogen-bond acceptors (Lipinski definition) is 1. The van der Waals surface area contributed by atoms with Crippen LogP contribution in [0.15, 0.2) is 0 Å². The molecule has 0 radical (unpaired) electrons. The number of hydrogen-bond donors (Lipinski definition) is 1. The maximum absolute atomic E-state index is 5.54. The molecule has 1 saturated carbocycles. The molecule has 2 unspecified atom stereocenters. The Labute approximate surface area is 89.5 Å². The van der Waals surface area contributed by atoms with Crippen molar-refractivity contribution in [2.75, 3.05) is 6.54 Å². The Morgan fingerprint density at radius 1 is 1.00 bits per heavy atom. The minimum Gasteiger partial charge on any atom is -0.330 e. The van der Waals surface area contributed by atoms with Crippen molar-refractivity contribution in [3.63, 3.8) is 0 Å². The fourth-order valence-corrected chi connectivity index (χ4v) is 3.37. The van der Waals surface area contributed by atoms with Crippen LogP contribution in [0.3, 0.4) is 0 Å². The minimum atomic E-state index is 0.867. The van der Waals surface area contributed by atoms with E-state index in [1.165, 1.54) is 32.1 Å². The molecular weight excluding hydrogens is 170 g/mol. The summed E-state index contributed by atoms with van der Waals surface area (Å²) in [4.78, 5) is 0. The zero-order chi connectivity index (χ0) is 10.6. The van der Waals surface area contributed by atoms with Gasteiger partial charge < -0.3 is 5.73 Å². The molecule has 0 aromatic heterocycles. The van der Waals surface area contributed by atoms with Crippen molar-refractivity contribution in [1.82, 2.24) is 0 Å². The Kier molecular flexibility index (Phi) is 4.94. The van der Waals surface area contributed by atoms with E-state index in [2.05, 4.69) is 20.8 Å². The minimum absolute atomic E-state index is 0.867. The lowest BCUT2D eigenvalue weighted by atomic mass is 9.68. The fourth-order valence-electron chi connectivity index (χ4n) is 3.37. The number of nitrogens with two attached hydrogens (primary N) is 1. The van der Waals surface area contributed by atoms with Gasteiger partial charge in [-0.25, -0.2) is 0 Å². The first-order valence-corrected chi connectivity index (χ1v) is 6.35. The zero-order valence-electron chi connectivity index (χ0n) is 10.1. The molecule has 2 N–H and O–H groups in total. The molecular formula is C13H27N. The van der Waals surface area contributed by atoms with Gasteiger partial charge in [-0.2, -0.15) is 0 Å². The van der Waals surface area contributed by atoms with Crippen molar-refractivity contribution in [1.29, 1.82) is 0 Å². The summed E-state index contributed by atoms with van der Waals surface area (Å²) < 4.78 is 0. The van der Waals surface area contributed by atoms with Crippen LogP contribution in [-0.4, -0.2) is 6.54 Å². The molecule has 0 heterocycles. The topological polar surface area (TPSA) is 26.0 Å². The van der Waals surface area contributed by atoms with E-state index in [1.54, 1.807) is 0 Å². The standard InChI is InChI=1S/C13H27N/c1-10-8-11(2)13(12(3)9-10)6-4-5-7-14/h10-13H,4-9,14H2,1-3H3. The molecule has 2 atom stereocenters. The van der Waals surface area contributed by atoms with E-state index < -0.39 is 0 Å². The van der Waals surface area contributed by atoms with Crippen molar-refractivity contribution in [2.45, 2.75) is 52.9 Å². The molecule has 0 bridgehead atoms. The Balaban J connectivity index is 2.34. The van der Waals surface area contributed by atoms with Crippen molar-refractivity contribution >= 4 is 0 Å². The third kappa shape index (κ3) is 3.27. The molecule has 14 heavy (non-hydrogen) atoms. The van der Waals surface area contributed by atoms with Crippen LogP contribution in [0.2, 0.25) is 0 Å². The van der Waals surface area contributed by atoms with Crippen LogP contribution >= 0.6 is 0 Å². The molecule has 1 fully saturated rings. The first-order chi connectivity index (χ1) is 6.65. The Morgan fingerprint density at radius 3 is 2.07 bits per heavy atom. The van der Waals surface area contributed by atoms with Crippen LogP contribution in [0, 0.1) is 23.7 Å². The van der Waals surface area contributed by atoms with Crippen molar-refractivity contribution in [3.05, 3.63) is 0 Å². The van der Waals surface area contributed by atoms with Gasteiger partial charge in [0.15, 0.2) is 0 Å². The predicted molar refractivity (Wildman–Crippen MR) is 63.1 cm³/mol. The number of unbranched alkanes of at least 4 members (excludes halogenated alkanes) is 1. The van der Waals surface area contributed by atoms with E-state index in [9.17, 15) is 0 Å². The van der Waals surface area contributed by atoms with Gasteiger partial charge in [-0.1, -0.05) is 27.2 Å². The third-order valence-corrected chi connectivity index (χ3v) is 4.00. The van der Waals surface area contributed by atoms with Crippen LogP contribution in [0.1, 0.15) is 52.9 Å². The summed E-state index contributed by atoms with van der Waals surface area (Å²) in [7, 11) is 0. The van der Waals surface area contributed by atoms with E-state index in [0.29, 0.717) is 0 Å². The second-order valence-electron chi connectivity index (χ2n) is 5.48. The van der Waals surface area contributed by atoms with Crippen LogP contribution in [0.5, 0.6) is 0 Å². The van der Waals surface area contributed by atoms with Crippen molar-refractivity contribution in [2.24, 2.45) is 29.4 Å². The van der Waals surface area contributed by atoms with Gasteiger partial charge in [-0.3, -0.25) is 0 Å². The summed E-state index contributed by atoms with van der Waals surface area (Å²) in [5.74, 6) is 3.79. The van der Waals surface area contributed by atoms with Crippen molar-refractivity contribution in [3.8, 4) is 0 Å². The lowest BCUT2D eigenvalue weighted by Gasteiger charge is -2.38. The van der Waals surface area contributed by atoms with Gasteiger partial charge in [0.2, 0.25) is 0 Å². The van der Waals surface area contributed by atoms with E-state index in [1.807, 2.05) is 0 Å². The lowest BCUT2D eigenvalue weighted by molar-refractivity contribution is 0.125. The first kappa shape index (κ1) is 12.0. The Bertz CT molecular complexity index is 143. The summed E-state index contributed by atoms with van der Waals surface area (Å²) in [6, 6.07) is 0. The molecule has 0 aliphatic heterocycles. The van der Waals surface area contributed by atoms with E-state index >= 15 is 0 Å². The lowest BCUT2D eigenvalue weighted by Crippen LogP contribution is -2.28. The molecule has 1 nitrogen and oxygen atoms in total. The van der Waals surface area contributed by atoms with Gasteiger partial charge in [0.1, 0.15) is 0 Å². The van der Waals surface area contributed by atoms with Gasteiger partial charge in [-0.05, 0) is 55.9 Å². The highest BCUT2D eigenvalue weighted by Gasteiger charge is 2.30. The zero-order valence-corrected chi connectivity index (χ0v) is 10.1. The van der Waals surface area contributed by atoms with E-state index in [-0.39, 0.29) is 0 Å². The molecule has 0 saturated heterocycles. The third-order valence-electron chi connectivity index (χ3n) is 4.00. The van der Waals surface area contributed by atoms with Gasteiger partial charge in [-0.15, -0.1) is 0 Å². The van der Waals surface area contributed by atoms with Gasteiger partial charge in [0.25, 0.3) is 0 Å². The maximum Gasteiger partial charge on any atom is -0.00773 e. The quantitative estimate of drug-likeness (QED) is 0.686. The average molecular weight is 197 g/mol. The number of rotatable bonds is 4. The normalized spacial score (nSPS) is 38.6. The van der Waals surface area contributed by atoms with Crippen LogP contribution in [-0.2, 0) is 0 Å². The molecule has 1 rings (SSSR count). The summed E-state index contributed by atoms with van der Waals surface area (Å²) in [5.41, 5.74) is 5.54. The molecule has 1 heteroatoms. The second kappa shape index (κ2) is 5.75. The largest absolute Gasteiger partial charge is 0.330 e. The smallest absolute Gasteiger partial charge is 0.00773 e. The van der Waals surface area contributed by atoms with E-state index in [4.69, 9.17) is 5.73 Å². The predicted octanol–water partition coefficient (Wildman–Crippen LogP) is 3.43. The SMILES string of the molecule is CC1CC(C)C(CCCCN)C(C)C1. The Hall–Kier alpha value is -0.0400. The highest BCUT2D eigenvalue weighted by atomic mass is 14.5. The summed E-state index contributed by atoms with van der Waals surface area (Å²) >= 11 is 0. The summed E-state index contributed by atoms with van der Waals surface area (Å²) in [5, 5.41) is 0. The summed E-state index contributed by atoms with van der Waals surface area (Å²) in [6.45, 7) is 8.16. The molecule has 1 aliphatic carbocycles. The molecule has 1 aliphatic rings. The monoisotopic (exact) mass is 197 g/mol. The highest BCUT2D eigenvalue weighted by Crippen LogP contribution is 2.40. The highest BCUT2D eigenvalue weighted by molar-refractivity contribution is 4.80. The molecule has 0 amide bonds. The van der Waals surface area contributed by atoms with Crippen LogP contribution in [0.4, 0.5) is 0 Å². The Morgan fingerprint density at radius 2 is 1.57 bits per heavy atom.